The van der Waals surface area contributed by atoms with Crippen LogP contribution in [0.25, 0.3) is 21.9 Å². The van der Waals surface area contributed by atoms with Crippen molar-refractivity contribution in [1.29, 1.82) is 0 Å². The Kier molecular flexibility index (Phi) is 9.43. The topological polar surface area (TPSA) is 60.9 Å². The number of hydrogen-bond acceptors (Lipinski definition) is 5. The number of rotatable bonds is 11. The van der Waals surface area contributed by atoms with E-state index >= 15 is 0 Å². The number of methoxy groups -OCH3 is 2. The Morgan fingerprint density at radius 2 is 1.65 bits per heavy atom. The highest BCUT2D eigenvalue weighted by molar-refractivity contribution is 6.02. The second kappa shape index (κ2) is 13.0. The summed E-state index contributed by atoms with van der Waals surface area (Å²) in [6.45, 7) is 9.96. The lowest BCUT2D eigenvalue weighted by Gasteiger charge is -2.27. The van der Waals surface area contributed by atoms with Crippen molar-refractivity contribution in [1.82, 2.24) is 4.98 Å². The van der Waals surface area contributed by atoms with Crippen molar-refractivity contribution < 1.29 is 19.0 Å². The summed E-state index contributed by atoms with van der Waals surface area (Å²) in [5.74, 6) is 2.37. The molecule has 0 aliphatic heterocycles. The van der Waals surface area contributed by atoms with Gasteiger partial charge in [0.2, 0.25) is 5.91 Å². The quantitative estimate of drug-likeness (QED) is 0.183. The van der Waals surface area contributed by atoms with Crippen molar-refractivity contribution in [2.24, 2.45) is 5.41 Å². The first kappa shape index (κ1) is 29.1. The Balaban J connectivity index is 1.63. The van der Waals surface area contributed by atoms with E-state index in [2.05, 4.69) is 57.2 Å². The third-order valence-electron chi connectivity index (χ3n) is 6.74. The number of benzene rings is 3. The van der Waals surface area contributed by atoms with Gasteiger partial charge in [-0.25, -0.2) is 4.98 Å². The maximum absolute atomic E-state index is 13.7. The lowest BCUT2D eigenvalue weighted by Crippen LogP contribution is -2.34. The van der Waals surface area contributed by atoms with Gasteiger partial charge in [-0.15, -0.1) is 0 Å². The second-order valence-electron chi connectivity index (χ2n) is 11.3. The van der Waals surface area contributed by atoms with Crippen LogP contribution >= 0.6 is 0 Å². The number of aromatic nitrogens is 1. The SMILES string of the molecule is COCCCOc1ccc2c(N(Cc3ccc(-c4ccc(OC)c(C)c4)cc3)C(=O)CC(C)(C)C)nccc2c1. The second-order valence-corrected chi connectivity index (χ2v) is 11.3. The zero-order valence-electron chi connectivity index (χ0n) is 24.5. The molecule has 0 aliphatic rings. The monoisotopic (exact) mass is 540 g/mol. The zero-order chi connectivity index (χ0) is 28.7. The van der Waals surface area contributed by atoms with Crippen LogP contribution < -0.4 is 14.4 Å². The standard InChI is InChI=1S/C34H40N2O4/c1-24-20-27(12-15-31(24)39-6)26-10-8-25(9-11-26)23-36(32(37)22-34(2,3)4)33-30-14-13-29(40-19-7-18-38-5)21-28(30)16-17-35-33/h8-17,20-21H,7,18-19,22-23H2,1-6H3. The van der Waals surface area contributed by atoms with E-state index in [9.17, 15) is 4.79 Å². The number of nitrogens with zero attached hydrogens (tertiary/aromatic N) is 2. The van der Waals surface area contributed by atoms with Crippen LogP contribution in [0, 0.1) is 12.3 Å². The molecular formula is C34H40N2O4. The number of ether oxygens (including phenoxy) is 3. The molecule has 0 unspecified atom stereocenters. The van der Waals surface area contributed by atoms with Crippen molar-refractivity contribution in [2.75, 3.05) is 32.3 Å². The van der Waals surface area contributed by atoms with Gasteiger partial charge in [0.05, 0.1) is 20.3 Å². The smallest absolute Gasteiger partial charge is 0.229 e. The molecule has 0 N–H and O–H groups in total. The molecule has 1 amide bonds. The van der Waals surface area contributed by atoms with Crippen LogP contribution in [0.1, 0.15) is 44.7 Å². The highest BCUT2D eigenvalue weighted by Gasteiger charge is 2.25. The number of carbonyl (C=O) groups excluding carboxylic acids is 1. The number of pyridine rings is 1. The third-order valence-corrected chi connectivity index (χ3v) is 6.74. The Hall–Kier alpha value is -3.90. The molecular weight excluding hydrogens is 500 g/mol. The molecule has 1 heterocycles. The van der Waals surface area contributed by atoms with Gasteiger partial charge >= 0.3 is 0 Å². The summed E-state index contributed by atoms with van der Waals surface area (Å²) >= 11 is 0. The Labute approximate surface area is 237 Å². The van der Waals surface area contributed by atoms with Crippen LogP contribution in [0.4, 0.5) is 5.82 Å². The van der Waals surface area contributed by atoms with Crippen LogP contribution in [0.2, 0.25) is 0 Å². The lowest BCUT2D eigenvalue weighted by atomic mass is 9.91. The summed E-state index contributed by atoms with van der Waals surface area (Å²) in [5.41, 5.74) is 4.21. The van der Waals surface area contributed by atoms with Gasteiger partial charge in [0.15, 0.2) is 0 Å². The largest absolute Gasteiger partial charge is 0.496 e. The fourth-order valence-electron chi connectivity index (χ4n) is 4.71. The van der Waals surface area contributed by atoms with E-state index in [0.29, 0.717) is 32.0 Å². The Morgan fingerprint density at radius 1 is 0.900 bits per heavy atom. The first-order valence-electron chi connectivity index (χ1n) is 13.7. The van der Waals surface area contributed by atoms with Crippen LogP contribution in [-0.4, -0.2) is 38.3 Å². The predicted molar refractivity (Wildman–Crippen MR) is 162 cm³/mol. The summed E-state index contributed by atoms with van der Waals surface area (Å²) in [6.07, 6.45) is 3.00. The van der Waals surface area contributed by atoms with Crippen LogP contribution in [0.3, 0.4) is 0 Å². The number of fused-ring (bicyclic) bond motifs is 1. The average Bonchev–Trinajstić information content (AvgIpc) is 2.93. The molecule has 40 heavy (non-hydrogen) atoms. The lowest BCUT2D eigenvalue weighted by molar-refractivity contribution is -0.120. The first-order chi connectivity index (χ1) is 19.2. The molecule has 0 fully saturated rings. The maximum atomic E-state index is 13.7. The molecule has 4 aromatic rings. The van der Waals surface area contributed by atoms with Crippen LogP contribution in [0.5, 0.6) is 11.5 Å². The summed E-state index contributed by atoms with van der Waals surface area (Å²) in [4.78, 5) is 20.2. The van der Waals surface area contributed by atoms with Gasteiger partial charge in [-0.3, -0.25) is 9.69 Å². The van der Waals surface area contributed by atoms with E-state index < -0.39 is 0 Å². The minimum Gasteiger partial charge on any atom is -0.496 e. The minimum absolute atomic E-state index is 0.0437. The number of hydrogen-bond donors (Lipinski definition) is 0. The molecule has 0 atom stereocenters. The van der Waals surface area contributed by atoms with Crippen molar-refractivity contribution in [3.63, 3.8) is 0 Å². The van der Waals surface area contributed by atoms with Gasteiger partial charge in [-0.2, -0.15) is 0 Å². The highest BCUT2D eigenvalue weighted by atomic mass is 16.5. The highest BCUT2D eigenvalue weighted by Crippen LogP contribution is 2.32. The Morgan fingerprint density at radius 3 is 2.33 bits per heavy atom. The number of aryl methyl sites for hydroxylation is 1. The van der Waals surface area contributed by atoms with E-state index in [1.54, 1.807) is 20.4 Å². The molecule has 0 spiro atoms. The van der Waals surface area contributed by atoms with E-state index in [1.165, 1.54) is 0 Å². The first-order valence-corrected chi connectivity index (χ1v) is 13.7. The van der Waals surface area contributed by atoms with E-state index in [4.69, 9.17) is 19.2 Å². The van der Waals surface area contributed by atoms with Crippen molar-refractivity contribution >= 4 is 22.5 Å². The minimum atomic E-state index is -0.154. The number of carbonyl (C=O) groups is 1. The average molecular weight is 541 g/mol. The number of anilines is 1. The molecule has 0 saturated carbocycles. The molecule has 1 aromatic heterocycles. The fraction of sp³-hybridized carbons (Fsp3) is 0.353. The summed E-state index contributed by atoms with van der Waals surface area (Å²) in [5, 5.41) is 1.90. The van der Waals surface area contributed by atoms with Crippen molar-refractivity contribution in [3.8, 4) is 22.6 Å². The molecule has 0 saturated heterocycles. The summed E-state index contributed by atoms with van der Waals surface area (Å²) in [7, 11) is 3.37. The predicted octanol–water partition coefficient (Wildman–Crippen LogP) is 7.60. The Bertz CT molecular complexity index is 1440. The summed E-state index contributed by atoms with van der Waals surface area (Å²) in [6, 6.07) is 22.5. The van der Waals surface area contributed by atoms with Gasteiger partial charge in [0, 0.05) is 38.1 Å². The van der Waals surface area contributed by atoms with Crippen LogP contribution in [0.15, 0.2) is 72.9 Å². The molecule has 4 rings (SSSR count). The molecule has 6 nitrogen and oxygen atoms in total. The van der Waals surface area contributed by atoms with E-state index in [-0.39, 0.29) is 11.3 Å². The number of amides is 1. The third kappa shape index (κ3) is 7.39. The maximum Gasteiger partial charge on any atom is 0.229 e. The molecule has 6 heteroatoms. The van der Waals surface area contributed by atoms with Crippen LogP contribution in [-0.2, 0) is 16.1 Å². The van der Waals surface area contributed by atoms with E-state index in [1.807, 2.05) is 42.2 Å². The molecule has 3 aromatic carbocycles. The molecule has 0 radical (unpaired) electrons. The molecule has 0 aliphatic carbocycles. The summed E-state index contributed by atoms with van der Waals surface area (Å²) < 4.78 is 16.4. The molecule has 210 valence electrons. The van der Waals surface area contributed by atoms with Gasteiger partial charge < -0.3 is 14.2 Å². The van der Waals surface area contributed by atoms with Crippen molar-refractivity contribution in [2.45, 2.75) is 47.1 Å². The molecule has 0 bridgehead atoms. The van der Waals surface area contributed by atoms with E-state index in [0.717, 1.165) is 50.9 Å². The van der Waals surface area contributed by atoms with Gasteiger partial charge in [-0.05, 0) is 76.4 Å². The van der Waals surface area contributed by atoms with Crippen molar-refractivity contribution in [3.05, 3.63) is 84.1 Å². The van der Waals surface area contributed by atoms with Gasteiger partial charge in [0.1, 0.15) is 17.3 Å². The zero-order valence-corrected chi connectivity index (χ0v) is 24.5. The van der Waals surface area contributed by atoms with Gasteiger partial charge in [-0.1, -0.05) is 51.1 Å². The van der Waals surface area contributed by atoms with Gasteiger partial charge in [0.25, 0.3) is 0 Å². The fourth-order valence-corrected chi connectivity index (χ4v) is 4.71. The normalized spacial score (nSPS) is 11.4.